The summed E-state index contributed by atoms with van der Waals surface area (Å²) in [5.41, 5.74) is 2.61. The van der Waals surface area contributed by atoms with Crippen LogP contribution in [0.4, 0.5) is 0 Å². The summed E-state index contributed by atoms with van der Waals surface area (Å²) in [6, 6.07) is 7.52. The summed E-state index contributed by atoms with van der Waals surface area (Å²) in [7, 11) is 0. The third-order valence-corrected chi connectivity index (χ3v) is 3.54. The normalized spacial score (nSPS) is 13.8. The first-order valence-electron chi connectivity index (χ1n) is 7.30. The minimum absolute atomic E-state index is 0.0190. The first-order chi connectivity index (χ1) is 9.63. The van der Waals surface area contributed by atoms with Crippen molar-refractivity contribution in [1.82, 2.24) is 0 Å². The minimum Gasteiger partial charge on any atom is -0.481 e. The van der Waals surface area contributed by atoms with Gasteiger partial charge in [-0.1, -0.05) is 56.7 Å². The van der Waals surface area contributed by atoms with Crippen molar-refractivity contribution in [1.29, 1.82) is 5.26 Å². The van der Waals surface area contributed by atoms with E-state index in [2.05, 4.69) is 0 Å². The van der Waals surface area contributed by atoms with Crippen LogP contribution in [-0.2, 0) is 17.6 Å². The Morgan fingerprint density at radius 2 is 1.75 bits per heavy atom. The highest BCUT2D eigenvalue weighted by atomic mass is 16.4. The van der Waals surface area contributed by atoms with E-state index in [0.717, 1.165) is 16.7 Å². The van der Waals surface area contributed by atoms with Gasteiger partial charge in [0.05, 0.1) is 18.9 Å². The molecule has 1 aliphatic carbocycles. The van der Waals surface area contributed by atoms with Gasteiger partial charge in [0, 0.05) is 0 Å². The zero-order chi connectivity index (χ0) is 14.8. The summed E-state index contributed by atoms with van der Waals surface area (Å²) < 4.78 is 0. The van der Waals surface area contributed by atoms with Crippen molar-refractivity contribution in [2.45, 2.75) is 58.3 Å². The lowest BCUT2D eigenvalue weighted by atomic mass is 10.0. The number of aliphatic carboxylic acids is 1. The Morgan fingerprint density at radius 1 is 1.20 bits per heavy atom. The Hall–Kier alpha value is -1.82. The number of hydrogen-bond acceptors (Lipinski definition) is 2. The second-order valence-electron chi connectivity index (χ2n) is 5.29. The van der Waals surface area contributed by atoms with Gasteiger partial charge in [0.15, 0.2) is 0 Å². The Morgan fingerprint density at radius 3 is 2.20 bits per heavy atom. The van der Waals surface area contributed by atoms with Gasteiger partial charge >= 0.3 is 5.97 Å². The number of carboxylic acids is 1. The van der Waals surface area contributed by atoms with Gasteiger partial charge in [-0.25, -0.2) is 0 Å². The highest BCUT2D eigenvalue weighted by molar-refractivity contribution is 5.70. The van der Waals surface area contributed by atoms with E-state index in [1.807, 2.05) is 25.1 Å². The minimum atomic E-state index is -0.845. The molecule has 0 atom stereocenters. The third kappa shape index (κ3) is 6.38. The molecule has 2 rings (SSSR count). The molecule has 1 fully saturated rings. The van der Waals surface area contributed by atoms with E-state index in [-0.39, 0.29) is 6.42 Å². The molecule has 1 aliphatic rings. The molecule has 3 heteroatoms. The van der Waals surface area contributed by atoms with Crippen LogP contribution < -0.4 is 0 Å². The molecule has 1 aromatic rings. The maximum Gasteiger partial charge on any atom is 0.307 e. The summed E-state index contributed by atoms with van der Waals surface area (Å²) in [5.74, 6) is -0.845. The van der Waals surface area contributed by atoms with E-state index in [1.54, 1.807) is 6.07 Å². The van der Waals surface area contributed by atoms with Crippen LogP contribution in [0.2, 0.25) is 0 Å². The number of rotatable bonds is 3. The average molecular weight is 273 g/mol. The average Bonchev–Trinajstić information content (AvgIpc) is 2.45. The molecular weight excluding hydrogens is 250 g/mol. The zero-order valence-corrected chi connectivity index (χ0v) is 12.2. The fourth-order valence-corrected chi connectivity index (χ4v) is 2.34. The second-order valence-corrected chi connectivity index (χ2v) is 5.29. The van der Waals surface area contributed by atoms with Crippen molar-refractivity contribution in [2.75, 3.05) is 0 Å². The van der Waals surface area contributed by atoms with Crippen LogP contribution >= 0.6 is 0 Å². The van der Waals surface area contributed by atoms with Crippen molar-refractivity contribution < 1.29 is 9.90 Å². The summed E-state index contributed by atoms with van der Waals surface area (Å²) >= 11 is 0. The number of carboxylic acid groups (broad SMARTS) is 1. The van der Waals surface area contributed by atoms with Gasteiger partial charge in [-0.05, 0) is 23.6 Å². The molecule has 1 N–H and O–H groups in total. The SMILES string of the molecule is C1CCCCC1.Cc1ccc(CC#N)cc1CC(=O)O. The zero-order valence-electron chi connectivity index (χ0n) is 12.2. The van der Waals surface area contributed by atoms with Crippen LogP contribution in [-0.4, -0.2) is 11.1 Å². The monoisotopic (exact) mass is 273 g/mol. The molecule has 1 aromatic carbocycles. The van der Waals surface area contributed by atoms with E-state index in [0.29, 0.717) is 6.42 Å². The number of benzene rings is 1. The fourth-order valence-electron chi connectivity index (χ4n) is 2.34. The van der Waals surface area contributed by atoms with E-state index < -0.39 is 5.97 Å². The van der Waals surface area contributed by atoms with Crippen LogP contribution in [0.15, 0.2) is 18.2 Å². The summed E-state index contributed by atoms with van der Waals surface area (Å²) in [6.45, 7) is 1.87. The summed E-state index contributed by atoms with van der Waals surface area (Å²) in [4.78, 5) is 10.5. The third-order valence-electron chi connectivity index (χ3n) is 3.54. The van der Waals surface area contributed by atoms with Crippen LogP contribution in [0.3, 0.4) is 0 Å². The predicted molar refractivity (Wildman–Crippen MR) is 79.5 cm³/mol. The number of nitriles is 1. The smallest absolute Gasteiger partial charge is 0.307 e. The van der Waals surface area contributed by atoms with E-state index in [1.165, 1.54) is 38.5 Å². The number of aryl methyl sites for hydroxylation is 1. The van der Waals surface area contributed by atoms with Crippen LogP contribution in [0.25, 0.3) is 0 Å². The van der Waals surface area contributed by atoms with Gasteiger partial charge < -0.3 is 5.11 Å². The van der Waals surface area contributed by atoms with Gasteiger partial charge in [0.2, 0.25) is 0 Å². The lowest BCUT2D eigenvalue weighted by molar-refractivity contribution is -0.136. The molecule has 0 aromatic heterocycles. The molecule has 0 spiro atoms. The van der Waals surface area contributed by atoms with Crippen molar-refractivity contribution >= 4 is 5.97 Å². The van der Waals surface area contributed by atoms with Crippen molar-refractivity contribution in [3.63, 3.8) is 0 Å². The standard InChI is InChI=1S/C11H11NO2.C6H12/c1-8-2-3-9(4-5-12)6-10(8)7-11(13)14;1-2-4-6-5-3-1/h2-3,6H,4,7H2,1H3,(H,13,14);1-6H2. The molecule has 20 heavy (non-hydrogen) atoms. The molecule has 3 nitrogen and oxygen atoms in total. The van der Waals surface area contributed by atoms with E-state index >= 15 is 0 Å². The van der Waals surface area contributed by atoms with Gasteiger partial charge in [0.25, 0.3) is 0 Å². The molecule has 0 bridgehead atoms. The van der Waals surface area contributed by atoms with Crippen molar-refractivity contribution in [3.05, 3.63) is 34.9 Å². The molecule has 0 heterocycles. The van der Waals surface area contributed by atoms with Crippen molar-refractivity contribution in [2.24, 2.45) is 0 Å². The number of nitrogens with zero attached hydrogens (tertiary/aromatic N) is 1. The predicted octanol–water partition coefficient (Wildman–Crippen LogP) is 4.03. The quantitative estimate of drug-likeness (QED) is 0.904. The van der Waals surface area contributed by atoms with Crippen LogP contribution in [0.5, 0.6) is 0 Å². The molecule has 0 amide bonds. The number of carbonyl (C=O) groups is 1. The molecule has 0 unspecified atom stereocenters. The number of hydrogen-bond donors (Lipinski definition) is 1. The highest BCUT2D eigenvalue weighted by Gasteiger charge is 2.04. The van der Waals surface area contributed by atoms with Crippen LogP contribution in [0.1, 0.15) is 55.2 Å². The molecule has 0 aliphatic heterocycles. The van der Waals surface area contributed by atoms with E-state index in [9.17, 15) is 4.79 Å². The lowest BCUT2D eigenvalue weighted by Gasteiger charge is -2.05. The first-order valence-corrected chi connectivity index (χ1v) is 7.30. The fraction of sp³-hybridized carbons (Fsp3) is 0.529. The second kappa shape index (κ2) is 9.14. The topological polar surface area (TPSA) is 61.1 Å². The Balaban J connectivity index is 0.000000276. The summed E-state index contributed by atoms with van der Waals surface area (Å²) in [6.07, 6.45) is 9.35. The maximum atomic E-state index is 10.5. The maximum absolute atomic E-state index is 10.5. The Bertz CT molecular complexity index is 459. The van der Waals surface area contributed by atoms with Gasteiger partial charge in [-0.15, -0.1) is 0 Å². The van der Waals surface area contributed by atoms with Gasteiger partial charge in [0.1, 0.15) is 0 Å². The largest absolute Gasteiger partial charge is 0.481 e. The lowest BCUT2D eigenvalue weighted by Crippen LogP contribution is -2.02. The molecule has 0 saturated heterocycles. The molecule has 1 saturated carbocycles. The highest BCUT2D eigenvalue weighted by Crippen LogP contribution is 2.15. The Labute approximate surface area is 121 Å². The van der Waals surface area contributed by atoms with Crippen LogP contribution in [0, 0.1) is 18.3 Å². The molecule has 108 valence electrons. The molecular formula is C17H23NO2. The first kappa shape index (κ1) is 16.2. The summed E-state index contributed by atoms with van der Waals surface area (Å²) in [5, 5.41) is 17.1. The van der Waals surface area contributed by atoms with Crippen molar-refractivity contribution in [3.8, 4) is 6.07 Å². The Kier molecular flexibility index (Phi) is 7.42. The van der Waals surface area contributed by atoms with Gasteiger partial charge in [-0.3, -0.25) is 4.79 Å². The molecule has 0 radical (unpaired) electrons. The van der Waals surface area contributed by atoms with Gasteiger partial charge in [-0.2, -0.15) is 5.26 Å². The van der Waals surface area contributed by atoms with E-state index in [4.69, 9.17) is 10.4 Å².